The van der Waals surface area contributed by atoms with Crippen molar-refractivity contribution in [1.82, 2.24) is 20.9 Å². The summed E-state index contributed by atoms with van der Waals surface area (Å²) >= 11 is 0. The van der Waals surface area contributed by atoms with Gasteiger partial charge in [0.25, 0.3) is 0 Å². The van der Waals surface area contributed by atoms with Crippen molar-refractivity contribution < 1.29 is 0 Å². The molecule has 5 heteroatoms. The van der Waals surface area contributed by atoms with Crippen LogP contribution in [0.2, 0.25) is 0 Å². The highest BCUT2D eigenvalue weighted by Gasteiger charge is 2.11. The van der Waals surface area contributed by atoms with Crippen molar-refractivity contribution in [2.75, 3.05) is 27.2 Å². The molecule has 178 valence electrons. The molecule has 1 aromatic carbocycles. The Hall–Kier alpha value is -2.11. The molecular formula is C27H45N5. The van der Waals surface area contributed by atoms with Crippen molar-refractivity contribution in [3.8, 4) is 0 Å². The van der Waals surface area contributed by atoms with Gasteiger partial charge in [-0.2, -0.15) is 0 Å². The number of nitrogens with zero attached hydrogens (tertiary/aromatic N) is 1. The van der Waals surface area contributed by atoms with Gasteiger partial charge in [-0.25, -0.2) is 0 Å². The summed E-state index contributed by atoms with van der Waals surface area (Å²) in [6.07, 6.45) is 13.1. The van der Waals surface area contributed by atoms with Gasteiger partial charge in [0.2, 0.25) is 0 Å². The molecule has 0 saturated heterocycles. The molecule has 0 radical (unpaired) electrons. The van der Waals surface area contributed by atoms with Gasteiger partial charge in [0.15, 0.2) is 0 Å². The molecule has 1 saturated carbocycles. The lowest BCUT2D eigenvalue weighted by Gasteiger charge is -2.22. The molecule has 1 aromatic rings. The van der Waals surface area contributed by atoms with Crippen molar-refractivity contribution in [3.63, 3.8) is 0 Å². The molecule has 0 unspecified atom stereocenters. The minimum atomic E-state index is 0.567. The SMILES string of the molecule is CCC(=C\NCc1ccc(CNCCCNC2CCCCC2)cc1)/C(=C\C(C)=N)N(C)C. The molecule has 0 spiro atoms. The fraction of sp³-hybridized carbons (Fsp3) is 0.593. The molecule has 32 heavy (non-hydrogen) atoms. The maximum atomic E-state index is 7.78. The van der Waals surface area contributed by atoms with Crippen LogP contribution in [0.25, 0.3) is 0 Å². The lowest BCUT2D eigenvalue weighted by atomic mass is 9.95. The van der Waals surface area contributed by atoms with Gasteiger partial charge in [-0.15, -0.1) is 0 Å². The Kier molecular flexibility index (Phi) is 12.1. The van der Waals surface area contributed by atoms with E-state index < -0.39 is 0 Å². The summed E-state index contributed by atoms with van der Waals surface area (Å²) in [5.41, 5.74) is 5.47. The summed E-state index contributed by atoms with van der Waals surface area (Å²) in [4.78, 5) is 2.07. The van der Waals surface area contributed by atoms with E-state index in [4.69, 9.17) is 5.41 Å². The monoisotopic (exact) mass is 439 g/mol. The summed E-state index contributed by atoms with van der Waals surface area (Å²) in [6.45, 7) is 7.88. The lowest BCUT2D eigenvalue weighted by molar-refractivity contribution is 0.371. The first-order chi connectivity index (χ1) is 15.5. The molecule has 0 aliphatic heterocycles. The molecular weight excluding hydrogens is 394 g/mol. The molecule has 0 heterocycles. The van der Waals surface area contributed by atoms with Crippen LogP contribution in [-0.4, -0.2) is 43.8 Å². The molecule has 0 aromatic heterocycles. The van der Waals surface area contributed by atoms with Crippen molar-refractivity contribution in [2.24, 2.45) is 0 Å². The van der Waals surface area contributed by atoms with Crippen LogP contribution < -0.4 is 16.0 Å². The second kappa shape index (κ2) is 14.9. The van der Waals surface area contributed by atoms with Crippen molar-refractivity contribution >= 4 is 5.71 Å². The zero-order chi connectivity index (χ0) is 23.2. The van der Waals surface area contributed by atoms with Crippen molar-refractivity contribution in [1.29, 1.82) is 5.41 Å². The van der Waals surface area contributed by atoms with Gasteiger partial charge in [-0.3, -0.25) is 0 Å². The Balaban J connectivity index is 1.69. The topological polar surface area (TPSA) is 63.2 Å². The van der Waals surface area contributed by atoms with Crippen LogP contribution in [0, 0.1) is 5.41 Å². The predicted octanol–water partition coefficient (Wildman–Crippen LogP) is 4.96. The van der Waals surface area contributed by atoms with Crippen LogP contribution in [0.5, 0.6) is 0 Å². The number of benzene rings is 1. The van der Waals surface area contributed by atoms with E-state index in [0.29, 0.717) is 5.71 Å². The number of hydrogen-bond donors (Lipinski definition) is 4. The maximum Gasteiger partial charge on any atom is 0.0425 e. The smallest absolute Gasteiger partial charge is 0.0425 e. The molecule has 1 fully saturated rings. The third-order valence-corrected chi connectivity index (χ3v) is 6.05. The fourth-order valence-corrected chi connectivity index (χ4v) is 4.20. The molecule has 1 aliphatic rings. The van der Waals surface area contributed by atoms with E-state index in [1.807, 2.05) is 27.1 Å². The van der Waals surface area contributed by atoms with Crippen molar-refractivity contribution in [3.05, 3.63) is 58.9 Å². The van der Waals surface area contributed by atoms with E-state index in [9.17, 15) is 0 Å². The molecule has 1 aliphatic carbocycles. The van der Waals surface area contributed by atoms with E-state index in [1.165, 1.54) is 55.2 Å². The fourth-order valence-electron chi connectivity index (χ4n) is 4.20. The quantitative estimate of drug-likeness (QED) is 0.188. The molecule has 5 nitrogen and oxygen atoms in total. The highest BCUT2D eigenvalue weighted by molar-refractivity contribution is 5.91. The Bertz CT molecular complexity index is 727. The molecule has 2 rings (SSSR count). The largest absolute Gasteiger partial charge is 0.387 e. The number of rotatable bonds is 14. The standard InChI is InChI=1S/C27H45N5/c1-5-25(27(32(3)4)18-22(2)28)21-30-20-24-14-12-23(13-15-24)19-29-16-9-17-31-26-10-7-6-8-11-26/h12-15,18,21,26,28-31H,5-11,16-17,19-20H2,1-4H3/b25-21+,27-18+,28-22?. The van der Waals surface area contributed by atoms with Gasteiger partial charge in [0.1, 0.15) is 0 Å². The summed E-state index contributed by atoms with van der Waals surface area (Å²) in [5, 5.41) is 18.5. The van der Waals surface area contributed by atoms with Crippen LogP contribution >= 0.6 is 0 Å². The summed E-state index contributed by atoms with van der Waals surface area (Å²) in [7, 11) is 4.05. The minimum absolute atomic E-state index is 0.567. The molecule has 0 atom stereocenters. The van der Waals surface area contributed by atoms with Gasteiger partial charge < -0.3 is 26.3 Å². The van der Waals surface area contributed by atoms with E-state index >= 15 is 0 Å². The number of allylic oxidation sites excluding steroid dienone is 2. The number of hydrogen-bond acceptors (Lipinski definition) is 5. The molecule has 4 N–H and O–H groups in total. The number of nitrogens with one attached hydrogen (secondary N) is 4. The highest BCUT2D eigenvalue weighted by Crippen LogP contribution is 2.17. The van der Waals surface area contributed by atoms with E-state index in [1.54, 1.807) is 0 Å². The highest BCUT2D eigenvalue weighted by atomic mass is 15.1. The Labute approximate surface area is 196 Å². The first kappa shape index (κ1) is 26.1. The second-order valence-corrected chi connectivity index (χ2v) is 9.15. The first-order valence-corrected chi connectivity index (χ1v) is 12.4. The van der Waals surface area contributed by atoms with Crippen LogP contribution in [0.3, 0.4) is 0 Å². The number of likely N-dealkylation sites (N-methyl/N-ethyl adjacent to an activating group) is 1. The lowest BCUT2D eigenvalue weighted by Crippen LogP contribution is -2.33. The molecule has 0 bridgehead atoms. The zero-order valence-corrected chi connectivity index (χ0v) is 20.8. The normalized spacial score (nSPS) is 15.6. The van der Waals surface area contributed by atoms with E-state index in [2.05, 4.69) is 58.2 Å². The third-order valence-electron chi connectivity index (χ3n) is 6.05. The Morgan fingerprint density at radius 3 is 2.28 bits per heavy atom. The average Bonchev–Trinajstić information content (AvgIpc) is 2.79. The Morgan fingerprint density at radius 2 is 1.69 bits per heavy atom. The van der Waals surface area contributed by atoms with E-state index in [-0.39, 0.29) is 0 Å². The van der Waals surface area contributed by atoms with Gasteiger partial charge in [0.05, 0.1) is 0 Å². The maximum absolute atomic E-state index is 7.78. The average molecular weight is 440 g/mol. The van der Waals surface area contributed by atoms with Crippen LogP contribution in [0.1, 0.15) is 69.9 Å². The van der Waals surface area contributed by atoms with Crippen molar-refractivity contribution in [2.45, 2.75) is 77.9 Å². The second-order valence-electron chi connectivity index (χ2n) is 9.15. The van der Waals surface area contributed by atoms with Gasteiger partial charge in [-0.05, 0) is 68.5 Å². The van der Waals surface area contributed by atoms with Gasteiger partial charge in [-0.1, -0.05) is 50.5 Å². The summed E-state index contributed by atoms with van der Waals surface area (Å²) in [5.74, 6) is 0. The van der Waals surface area contributed by atoms with Gasteiger partial charge >= 0.3 is 0 Å². The van der Waals surface area contributed by atoms with Crippen LogP contribution in [0.15, 0.2) is 47.8 Å². The van der Waals surface area contributed by atoms with Crippen LogP contribution in [0.4, 0.5) is 0 Å². The van der Waals surface area contributed by atoms with Crippen LogP contribution in [-0.2, 0) is 13.1 Å². The van der Waals surface area contributed by atoms with E-state index in [0.717, 1.165) is 44.3 Å². The third kappa shape index (κ3) is 10.0. The predicted molar refractivity (Wildman–Crippen MR) is 138 cm³/mol. The Morgan fingerprint density at radius 1 is 1.03 bits per heavy atom. The molecule has 0 amide bonds. The van der Waals surface area contributed by atoms with Gasteiger partial charge in [0, 0.05) is 50.8 Å². The minimum Gasteiger partial charge on any atom is -0.387 e. The summed E-state index contributed by atoms with van der Waals surface area (Å²) < 4.78 is 0. The first-order valence-electron chi connectivity index (χ1n) is 12.4. The zero-order valence-electron chi connectivity index (χ0n) is 20.8. The summed E-state index contributed by atoms with van der Waals surface area (Å²) in [6, 6.07) is 9.62.